The summed E-state index contributed by atoms with van der Waals surface area (Å²) >= 11 is 0. The summed E-state index contributed by atoms with van der Waals surface area (Å²) in [5, 5.41) is 0. The number of rotatable bonds is 4. The molecule has 88 valence electrons. The van der Waals surface area contributed by atoms with E-state index in [0.717, 1.165) is 12.1 Å². The van der Waals surface area contributed by atoms with E-state index in [1.807, 2.05) is 6.08 Å². The molecule has 0 N–H and O–H groups in total. The van der Waals surface area contributed by atoms with Gasteiger partial charge in [0.1, 0.15) is 0 Å². The number of hydrogen-bond donors (Lipinski definition) is 0. The first-order valence-corrected chi connectivity index (χ1v) is 5.77. The second-order valence-electron chi connectivity index (χ2n) is 4.77. The summed E-state index contributed by atoms with van der Waals surface area (Å²) in [5.74, 6) is 0.725. The Hall–Kier alpha value is -1.31. The van der Waals surface area contributed by atoms with Crippen molar-refractivity contribution in [3.63, 3.8) is 0 Å². The predicted octanol–water partition coefficient (Wildman–Crippen LogP) is 3.36. The Morgan fingerprint density at radius 2 is 2.06 bits per heavy atom. The van der Waals surface area contributed by atoms with Crippen molar-refractivity contribution in [1.82, 2.24) is 4.57 Å². The van der Waals surface area contributed by atoms with Gasteiger partial charge in [0.15, 0.2) is 5.78 Å². The molecule has 0 spiro atoms. The van der Waals surface area contributed by atoms with Crippen molar-refractivity contribution in [2.75, 3.05) is 0 Å². The Labute approximate surface area is 98.0 Å². The molecule has 1 heterocycles. The van der Waals surface area contributed by atoms with Gasteiger partial charge in [-0.25, -0.2) is 0 Å². The number of nitrogens with zero attached hydrogens (tertiary/aromatic N) is 1. The first-order chi connectivity index (χ1) is 7.41. The molecule has 1 aromatic heterocycles. The third kappa shape index (κ3) is 3.09. The van der Waals surface area contributed by atoms with E-state index in [9.17, 15) is 4.79 Å². The molecule has 0 radical (unpaired) electrons. The van der Waals surface area contributed by atoms with Crippen LogP contribution in [-0.2, 0) is 11.3 Å². The van der Waals surface area contributed by atoms with Crippen LogP contribution in [0.15, 0.2) is 12.1 Å². The molecule has 0 saturated heterocycles. The normalized spacial score (nSPS) is 11.6. The van der Waals surface area contributed by atoms with E-state index in [4.69, 9.17) is 0 Å². The molecule has 1 rings (SSSR count). The number of aryl methyl sites for hydroxylation is 1. The highest BCUT2D eigenvalue weighted by molar-refractivity contribution is 5.91. The summed E-state index contributed by atoms with van der Waals surface area (Å²) in [7, 11) is 0. The molecule has 0 amide bonds. The lowest BCUT2D eigenvalue weighted by Crippen LogP contribution is -2.07. The van der Waals surface area contributed by atoms with E-state index in [1.165, 1.54) is 11.4 Å². The maximum atomic E-state index is 10.9. The number of hydrogen-bond acceptors (Lipinski definition) is 1. The summed E-state index contributed by atoms with van der Waals surface area (Å²) in [6, 6.07) is 2.14. The number of aromatic nitrogens is 1. The zero-order chi connectivity index (χ0) is 12.3. The Morgan fingerprint density at radius 1 is 1.44 bits per heavy atom. The van der Waals surface area contributed by atoms with Crippen LogP contribution < -0.4 is 0 Å². The minimum Gasteiger partial charge on any atom is -0.348 e. The molecule has 2 nitrogen and oxygen atoms in total. The molecule has 0 fully saturated rings. The van der Waals surface area contributed by atoms with Crippen LogP contribution in [0.3, 0.4) is 0 Å². The van der Waals surface area contributed by atoms with Gasteiger partial charge in [-0.15, -0.1) is 0 Å². The van der Waals surface area contributed by atoms with Crippen molar-refractivity contribution in [3.8, 4) is 0 Å². The van der Waals surface area contributed by atoms with Crippen LogP contribution in [0.1, 0.15) is 37.7 Å². The minimum absolute atomic E-state index is 0.0914. The van der Waals surface area contributed by atoms with E-state index in [-0.39, 0.29) is 5.78 Å². The quantitative estimate of drug-likeness (QED) is 0.712. The van der Waals surface area contributed by atoms with Crippen LogP contribution in [0.25, 0.3) is 6.08 Å². The molecule has 0 atom stereocenters. The Balaban J connectivity index is 3.01. The fourth-order valence-corrected chi connectivity index (χ4v) is 1.85. The van der Waals surface area contributed by atoms with Crippen molar-refractivity contribution in [2.45, 2.75) is 41.2 Å². The molecule has 1 aromatic rings. The van der Waals surface area contributed by atoms with Gasteiger partial charge in [0, 0.05) is 17.9 Å². The zero-order valence-electron chi connectivity index (χ0n) is 10.9. The van der Waals surface area contributed by atoms with Gasteiger partial charge < -0.3 is 4.57 Å². The van der Waals surface area contributed by atoms with Gasteiger partial charge in [-0.1, -0.05) is 13.8 Å². The number of carbonyl (C=O) groups is 1. The maximum absolute atomic E-state index is 10.9. The van der Waals surface area contributed by atoms with Crippen LogP contribution in [0.4, 0.5) is 0 Å². The SMILES string of the molecule is CC(=O)/C=C/c1cc(C)n(CC(C)C)c1C. The van der Waals surface area contributed by atoms with Crippen molar-refractivity contribution in [1.29, 1.82) is 0 Å². The average molecular weight is 219 g/mol. The number of allylic oxidation sites excluding steroid dienone is 1. The van der Waals surface area contributed by atoms with Gasteiger partial charge in [0.25, 0.3) is 0 Å². The second-order valence-corrected chi connectivity index (χ2v) is 4.77. The van der Waals surface area contributed by atoms with Gasteiger partial charge in [-0.3, -0.25) is 4.79 Å². The zero-order valence-corrected chi connectivity index (χ0v) is 10.9. The van der Waals surface area contributed by atoms with Crippen molar-refractivity contribution in [3.05, 3.63) is 29.1 Å². The fourth-order valence-electron chi connectivity index (χ4n) is 1.85. The first-order valence-electron chi connectivity index (χ1n) is 5.77. The maximum Gasteiger partial charge on any atom is 0.152 e. The highest BCUT2D eigenvalue weighted by Crippen LogP contribution is 2.18. The fraction of sp³-hybridized carbons (Fsp3) is 0.500. The topological polar surface area (TPSA) is 22.0 Å². The van der Waals surface area contributed by atoms with Gasteiger partial charge >= 0.3 is 0 Å². The molecule has 0 saturated carbocycles. The van der Waals surface area contributed by atoms with Gasteiger partial charge in [0.2, 0.25) is 0 Å². The molecule has 0 aliphatic carbocycles. The number of carbonyl (C=O) groups excluding carboxylic acids is 1. The van der Waals surface area contributed by atoms with E-state index in [0.29, 0.717) is 5.92 Å². The molecule has 0 aliphatic rings. The molecule has 0 aromatic carbocycles. The van der Waals surface area contributed by atoms with Crippen molar-refractivity contribution in [2.24, 2.45) is 5.92 Å². The lowest BCUT2D eigenvalue weighted by atomic mass is 10.2. The van der Waals surface area contributed by atoms with E-state index >= 15 is 0 Å². The Morgan fingerprint density at radius 3 is 2.56 bits per heavy atom. The van der Waals surface area contributed by atoms with Gasteiger partial charge in [-0.2, -0.15) is 0 Å². The van der Waals surface area contributed by atoms with Gasteiger partial charge in [0.05, 0.1) is 0 Å². The monoisotopic (exact) mass is 219 g/mol. The summed E-state index contributed by atoms with van der Waals surface area (Å²) in [6.07, 6.45) is 3.53. The Kier molecular flexibility index (Phi) is 4.11. The largest absolute Gasteiger partial charge is 0.348 e. The van der Waals surface area contributed by atoms with Crippen LogP contribution in [0.5, 0.6) is 0 Å². The second kappa shape index (κ2) is 5.15. The molecule has 0 aliphatic heterocycles. The number of ketones is 1. The standard InChI is InChI=1S/C14H21NO/c1-10(2)9-15-11(3)8-14(13(15)5)7-6-12(4)16/h6-8,10H,9H2,1-5H3/b7-6+. The van der Waals surface area contributed by atoms with Crippen molar-refractivity contribution >= 4 is 11.9 Å². The molecular formula is C14H21NO. The van der Waals surface area contributed by atoms with Crippen LogP contribution in [0, 0.1) is 19.8 Å². The lowest BCUT2D eigenvalue weighted by molar-refractivity contribution is -0.112. The predicted molar refractivity (Wildman–Crippen MR) is 68.5 cm³/mol. The van der Waals surface area contributed by atoms with Crippen LogP contribution in [-0.4, -0.2) is 10.4 Å². The third-order valence-electron chi connectivity index (χ3n) is 2.66. The summed E-state index contributed by atoms with van der Waals surface area (Å²) in [5.41, 5.74) is 3.64. The van der Waals surface area contributed by atoms with Crippen molar-refractivity contribution < 1.29 is 4.79 Å². The van der Waals surface area contributed by atoms with E-state index in [2.05, 4.69) is 38.3 Å². The highest BCUT2D eigenvalue weighted by atomic mass is 16.1. The lowest BCUT2D eigenvalue weighted by Gasteiger charge is -2.11. The molecule has 16 heavy (non-hydrogen) atoms. The summed E-state index contributed by atoms with van der Waals surface area (Å²) in [6.45, 7) is 11.2. The average Bonchev–Trinajstić information content (AvgIpc) is 2.42. The Bertz CT molecular complexity index is 411. The summed E-state index contributed by atoms with van der Waals surface area (Å²) in [4.78, 5) is 10.9. The molecule has 0 unspecified atom stereocenters. The highest BCUT2D eigenvalue weighted by Gasteiger charge is 2.07. The summed E-state index contributed by atoms with van der Waals surface area (Å²) < 4.78 is 2.31. The van der Waals surface area contributed by atoms with E-state index < -0.39 is 0 Å². The molecular weight excluding hydrogens is 198 g/mol. The minimum atomic E-state index is 0.0914. The van der Waals surface area contributed by atoms with E-state index in [1.54, 1.807) is 13.0 Å². The molecule has 0 bridgehead atoms. The van der Waals surface area contributed by atoms with Crippen LogP contribution in [0.2, 0.25) is 0 Å². The molecule has 2 heteroatoms. The smallest absolute Gasteiger partial charge is 0.152 e. The van der Waals surface area contributed by atoms with Crippen LogP contribution >= 0.6 is 0 Å². The van der Waals surface area contributed by atoms with Gasteiger partial charge in [-0.05, 0) is 50.5 Å². The third-order valence-corrected chi connectivity index (χ3v) is 2.66. The first kappa shape index (κ1) is 12.8.